The number of carbonyl (C=O) groups is 1. The van der Waals surface area contributed by atoms with E-state index in [9.17, 15) is 9.90 Å². The van der Waals surface area contributed by atoms with E-state index in [4.69, 9.17) is 4.74 Å². The molecule has 0 radical (unpaired) electrons. The molecule has 190 valence electrons. The second-order valence-electron chi connectivity index (χ2n) is 9.04. The number of nitrogens with one attached hydrogen (secondary N) is 3. The third-order valence-electron chi connectivity index (χ3n) is 6.50. The van der Waals surface area contributed by atoms with Gasteiger partial charge in [-0.1, -0.05) is 25.1 Å². The van der Waals surface area contributed by atoms with Crippen molar-refractivity contribution >= 4 is 28.4 Å². The molecule has 1 aliphatic rings. The lowest BCUT2D eigenvalue weighted by atomic mass is 9.96. The second kappa shape index (κ2) is 10.9. The molecule has 0 unspecified atom stereocenters. The average Bonchev–Trinajstić information content (AvgIpc) is 3.35. The lowest BCUT2D eigenvalue weighted by Crippen LogP contribution is -2.32. The van der Waals surface area contributed by atoms with Crippen LogP contribution < -0.4 is 16.0 Å². The predicted molar refractivity (Wildman–Crippen MR) is 142 cm³/mol. The molecule has 4 N–H and O–H groups in total. The number of pyridine rings is 2. The Morgan fingerprint density at radius 1 is 1.11 bits per heavy atom. The fraction of sp³-hybridized carbons (Fsp3) is 0.296. The number of aliphatic hydroxyl groups excluding tert-OH is 1. The molecule has 0 spiro atoms. The van der Waals surface area contributed by atoms with Gasteiger partial charge in [0.05, 0.1) is 42.1 Å². The highest BCUT2D eigenvalue weighted by Gasteiger charge is 2.26. The van der Waals surface area contributed by atoms with Crippen LogP contribution in [-0.4, -0.2) is 69.9 Å². The van der Waals surface area contributed by atoms with Crippen molar-refractivity contribution in [3.8, 4) is 11.3 Å². The van der Waals surface area contributed by atoms with Crippen LogP contribution in [0.1, 0.15) is 28.8 Å². The molecule has 0 bridgehead atoms. The van der Waals surface area contributed by atoms with Gasteiger partial charge in [-0.15, -0.1) is 0 Å². The van der Waals surface area contributed by atoms with Gasteiger partial charge in [-0.25, -0.2) is 15.0 Å². The zero-order chi connectivity index (χ0) is 25.8. The normalized spacial score (nSPS) is 17.9. The number of nitrogens with zero attached hydrogens (tertiary/aromatic N) is 4. The lowest BCUT2D eigenvalue weighted by molar-refractivity contribution is 0.0964. The number of para-hydroxylation sites is 1. The molecule has 1 saturated heterocycles. The maximum absolute atomic E-state index is 12.3. The number of anilines is 2. The number of benzene rings is 1. The van der Waals surface area contributed by atoms with Crippen LogP contribution in [0.25, 0.3) is 22.2 Å². The second-order valence-corrected chi connectivity index (χ2v) is 9.04. The maximum atomic E-state index is 12.3. The number of hydrogen-bond acceptors (Lipinski definition) is 9. The number of carbonyl (C=O) groups excluding carboxylic acids is 1. The average molecular weight is 500 g/mol. The van der Waals surface area contributed by atoms with Crippen molar-refractivity contribution in [1.29, 1.82) is 0 Å². The van der Waals surface area contributed by atoms with Crippen molar-refractivity contribution in [3.63, 3.8) is 0 Å². The predicted octanol–water partition coefficient (Wildman–Crippen LogP) is 2.83. The molecule has 4 heterocycles. The minimum atomic E-state index is -0.540. The summed E-state index contributed by atoms with van der Waals surface area (Å²) in [6.45, 7) is 3.52. The molecule has 10 nitrogen and oxygen atoms in total. The topological polar surface area (TPSA) is 134 Å². The zero-order valence-corrected chi connectivity index (χ0v) is 20.7. The van der Waals surface area contributed by atoms with E-state index < -0.39 is 6.10 Å². The molecule has 1 amide bonds. The van der Waals surface area contributed by atoms with E-state index in [1.165, 1.54) is 6.33 Å². The van der Waals surface area contributed by atoms with E-state index in [0.29, 0.717) is 37.0 Å². The van der Waals surface area contributed by atoms with E-state index in [1.807, 2.05) is 36.4 Å². The van der Waals surface area contributed by atoms with Crippen LogP contribution in [0.2, 0.25) is 0 Å². The zero-order valence-electron chi connectivity index (χ0n) is 20.7. The summed E-state index contributed by atoms with van der Waals surface area (Å²) in [6, 6.07) is 13.2. The summed E-state index contributed by atoms with van der Waals surface area (Å²) in [6.07, 6.45) is 4.40. The molecule has 5 rings (SSSR count). The monoisotopic (exact) mass is 499 g/mol. The van der Waals surface area contributed by atoms with Gasteiger partial charge in [0, 0.05) is 48.9 Å². The van der Waals surface area contributed by atoms with Gasteiger partial charge in [-0.3, -0.25) is 9.78 Å². The molecule has 10 heteroatoms. The number of fused-ring (bicyclic) bond motifs is 1. The molecule has 0 aliphatic carbocycles. The first-order chi connectivity index (χ1) is 18.0. The number of amides is 1. The summed E-state index contributed by atoms with van der Waals surface area (Å²) in [5.41, 5.74) is 4.08. The molecule has 1 aliphatic heterocycles. The standard InChI is InChI=1S/C27H29N7O3/c1-16(18-4-3-5-19-20(27(36)28-2)8-9-29-26(18)19)11-30-25-10-21(32-15-33-25)17-6-7-24(31-12-17)34-22-13-37-14-23(22)35/h3-10,12,15-16,22-23,35H,11,13-14H2,1-2H3,(H,28,36)(H,31,34)(H,30,32,33)/t16-,22-,23-/m1/s1. The van der Waals surface area contributed by atoms with E-state index in [2.05, 4.69) is 42.8 Å². The van der Waals surface area contributed by atoms with E-state index in [-0.39, 0.29) is 17.9 Å². The number of rotatable bonds is 8. The molecule has 37 heavy (non-hydrogen) atoms. The quantitative estimate of drug-likeness (QED) is 0.289. The van der Waals surface area contributed by atoms with Gasteiger partial charge in [-0.05, 0) is 23.8 Å². The minimum absolute atomic E-state index is 0.108. The Hall–Kier alpha value is -4.15. The highest BCUT2D eigenvalue weighted by molar-refractivity contribution is 6.06. The van der Waals surface area contributed by atoms with Gasteiger partial charge in [0.15, 0.2) is 0 Å². The molecule has 1 fully saturated rings. The largest absolute Gasteiger partial charge is 0.388 e. The lowest BCUT2D eigenvalue weighted by Gasteiger charge is -2.16. The number of aliphatic hydroxyl groups is 1. The van der Waals surface area contributed by atoms with Crippen molar-refractivity contribution in [3.05, 3.63) is 72.3 Å². The Morgan fingerprint density at radius 2 is 2.00 bits per heavy atom. The van der Waals surface area contributed by atoms with Gasteiger partial charge in [0.25, 0.3) is 5.91 Å². The Labute approximate surface area is 214 Å². The van der Waals surface area contributed by atoms with Crippen molar-refractivity contribution in [2.75, 3.05) is 37.4 Å². The summed E-state index contributed by atoms with van der Waals surface area (Å²) < 4.78 is 5.27. The van der Waals surface area contributed by atoms with Crippen LogP contribution in [-0.2, 0) is 4.74 Å². The minimum Gasteiger partial charge on any atom is -0.388 e. The van der Waals surface area contributed by atoms with Crippen LogP contribution in [0.4, 0.5) is 11.6 Å². The molecule has 0 saturated carbocycles. The molecule has 1 aromatic carbocycles. The van der Waals surface area contributed by atoms with Crippen molar-refractivity contribution in [1.82, 2.24) is 25.3 Å². The Balaban J connectivity index is 1.28. The van der Waals surface area contributed by atoms with Gasteiger partial charge in [0.1, 0.15) is 18.0 Å². The first-order valence-corrected chi connectivity index (χ1v) is 12.2. The van der Waals surface area contributed by atoms with Crippen LogP contribution in [0.15, 0.2) is 61.2 Å². The smallest absolute Gasteiger partial charge is 0.251 e. The molecular formula is C27H29N7O3. The van der Waals surface area contributed by atoms with Crippen LogP contribution in [0.5, 0.6) is 0 Å². The van der Waals surface area contributed by atoms with Gasteiger partial charge in [0.2, 0.25) is 0 Å². The molecule has 3 aromatic heterocycles. The van der Waals surface area contributed by atoms with E-state index in [1.54, 1.807) is 25.5 Å². The molecule has 3 atom stereocenters. The first-order valence-electron chi connectivity index (χ1n) is 12.2. The van der Waals surface area contributed by atoms with Crippen molar-refractivity contribution < 1.29 is 14.6 Å². The van der Waals surface area contributed by atoms with Crippen molar-refractivity contribution in [2.24, 2.45) is 0 Å². The summed E-state index contributed by atoms with van der Waals surface area (Å²) in [4.78, 5) is 30.1. The summed E-state index contributed by atoms with van der Waals surface area (Å²) >= 11 is 0. The third kappa shape index (κ3) is 5.35. The summed E-state index contributed by atoms with van der Waals surface area (Å²) in [5, 5.41) is 20.0. The SMILES string of the molecule is CNC(=O)c1ccnc2c([C@H](C)CNc3cc(-c4ccc(N[C@@H]5COC[C@H]5O)nc4)ncn3)cccc12. The summed E-state index contributed by atoms with van der Waals surface area (Å²) in [7, 11) is 1.62. The number of ether oxygens (including phenoxy) is 1. The fourth-order valence-corrected chi connectivity index (χ4v) is 4.41. The van der Waals surface area contributed by atoms with E-state index in [0.717, 1.165) is 27.7 Å². The highest BCUT2D eigenvalue weighted by Crippen LogP contribution is 2.27. The highest BCUT2D eigenvalue weighted by atomic mass is 16.5. The van der Waals surface area contributed by atoms with Gasteiger partial charge < -0.3 is 25.8 Å². The van der Waals surface area contributed by atoms with Crippen molar-refractivity contribution in [2.45, 2.75) is 25.0 Å². The van der Waals surface area contributed by atoms with Crippen LogP contribution >= 0.6 is 0 Å². The van der Waals surface area contributed by atoms with Gasteiger partial charge >= 0.3 is 0 Å². The Morgan fingerprint density at radius 3 is 2.76 bits per heavy atom. The third-order valence-corrected chi connectivity index (χ3v) is 6.50. The Bertz CT molecular complexity index is 1400. The maximum Gasteiger partial charge on any atom is 0.251 e. The Kier molecular flexibility index (Phi) is 7.20. The summed E-state index contributed by atoms with van der Waals surface area (Å²) in [5.74, 6) is 1.34. The van der Waals surface area contributed by atoms with Crippen LogP contribution in [0.3, 0.4) is 0 Å². The van der Waals surface area contributed by atoms with Crippen LogP contribution in [0, 0.1) is 0 Å². The fourth-order valence-electron chi connectivity index (χ4n) is 4.41. The van der Waals surface area contributed by atoms with E-state index >= 15 is 0 Å². The first kappa shape index (κ1) is 24.5. The van der Waals surface area contributed by atoms with Gasteiger partial charge in [-0.2, -0.15) is 0 Å². The number of aromatic nitrogens is 4. The molecule has 4 aromatic rings. The number of hydrogen-bond donors (Lipinski definition) is 4. The molecular weight excluding hydrogens is 470 g/mol.